The van der Waals surface area contributed by atoms with Gasteiger partial charge in [0.15, 0.2) is 0 Å². The number of likely N-dealkylation sites (tertiary alicyclic amines) is 1. The van der Waals surface area contributed by atoms with Crippen molar-refractivity contribution in [3.05, 3.63) is 58.8 Å². The quantitative estimate of drug-likeness (QED) is 0.495. The molecule has 2 saturated heterocycles. The first kappa shape index (κ1) is 25.6. The summed E-state index contributed by atoms with van der Waals surface area (Å²) in [5, 5.41) is 0.100. The van der Waals surface area contributed by atoms with E-state index in [0.717, 1.165) is 48.9 Å². The molecule has 2 atom stereocenters. The number of nitrogens with zero attached hydrogens (tertiary/aromatic N) is 4. The lowest BCUT2D eigenvalue weighted by molar-refractivity contribution is 0.0717. The molecule has 3 aliphatic rings. The minimum atomic E-state index is -3.78. The van der Waals surface area contributed by atoms with Gasteiger partial charge in [0.1, 0.15) is 17.5 Å². The van der Waals surface area contributed by atoms with Crippen molar-refractivity contribution in [1.82, 2.24) is 19.0 Å². The zero-order valence-electron chi connectivity index (χ0n) is 21.6. The number of amides is 1. The number of hydrogen-bond donors (Lipinski definition) is 1. The number of benzene rings is 1. The molecule has 1 amide bonds. The Morgan fingerprint density at radius 2 is 1.76 bits per heavy atom. The van der Waals surface area contributed by atoms with Crippen molar-refractivity contribution in [2.24, 2.45) is 0 Å². The van der Waals surface area contributed by atoms with E-state index in [0.29, 0.717) is 19.0 Å². The minimum absolute atomic E-state index is 0.00288. The fourth-order valence-corrected chi connectivity index (χ4v) is 7.53. The van der Waals surface area contributed by atoms with Crippen molar-refractivity contribution >= 4 is 38.9 Å². The summed E-state index contributed by atoms with van der Waals surface area (Å²) in [6, 6.07) is 7.29. The van der Waals surface area contributed by atoms with E-state index in [1.807, 2.05) is 20.8 Å². The normalized spacial score (nSPS) is 21.9. The SMILES string of the molecule is CC(C)(C)NS(=O)(=O)c1cc(N2[C@@H]3CC[C@H]2CN(C(=O)c2ccc(F)cc2Cl)C3)n2c(C3CC3)ncc2c1. The molecule has 1 N–H and O–H groups in total. The molecule has 38 heavy (non-hydrogen) atoms. The Kier molecular flexibility index (Phi) is 6.01. The number of anilines is 1. The van der Waals surface area contributed by atoms with Crippen LogP contribution in [0.2, 0.25) is 5.02 Å². The molecular formula is C27H31ClFN5O3S. The standard InChI is InChI=1S/C27H31ClFN5O3S/c1-27(2,3)31-38(36,37)21-11-20-13-30-25(16-4-5-16)34(20)24(12-21)33-18-7-8-19(33)15-32(14-18)26(35)22-9-6-17(29)10-23(22)28/h6,9-13,16,18-19,31H,4-5,7-8,14-15H2,1-3H3/t18-,19+. The Balaban J connectivity index is 1.39. The number of pyridine rings is 1. The Hall–Kier alpha value is -2.69. The second-order valence-corrected chi connectivity index (χ2v) is 13.8. The average molecular weight is 560 g/mol. The molecule has 1 saturated carbocycles. The van der Waals surface area contributed by atoms with E-state index < -0.39 is 21.4 Å². The topological polar surface area (TPSA) is 87.0 Å². The van der Waals surface area contributed by atoms with Gasteiger partial charge in [-0.3, -0.25) is 9.20 Å². The summed E-state index contributed by atoms with van der Waals surface area (Å²) < 4.78 is 45.2. The fraction of sp³-hybridized carbons (Fsp3) is 0.481. The van der Waals surface area contributed by atoms with Gasteiger partial charge in [0, 0.05) is 36.6 Å². The Bertz CT molecular complexity index is 1530. The number of aromatic nitrogens is 2. The Labute approximate surface area is 226 Å². The predicted octanol–water partition coefficient (Wildman–Crippen LogP) is 4.57. The zero-order chi connectivity index (χ0) is 27.0. The van der Waals surface area contributed by atoms with Crippen molar-refractivity contribution in [3.63, 3.8) is 0 Å². The molecule has 2 aliphatic heterocycles. The first-order chi connectivity index (χ1) is 17.9. The molecule has 11 heteroatoms. The molecular weight excluding hydrogens is 529 g/mol. The van der Waals surface area contributed by atoms with Crippen LogP contribution in [-0.2, 0) is 10.0 Å². The summed E-state index contributed by atoms with van der Waals surface area (Å²) in [6.07, 6.45) is 5.64. The van der Waals surface area contributed by atoms with Crippen LogP contribution in [0.1, 0.15) is 68.6 Å². The lowest BCUT2D eigenvalue weighted by atomic mass is 10.1. The highest BCUT2D eigenvalue weighted by Crippen LogP contribution is 2.43. The van der Waals surface area contributed by atoms with E-state index in [2.05, 4.69) is 14.0 Å². The van der Waals surface area contributed by atoms with Gasteiger partial charge in [-0.1, -0.05) is 11.6 Å². The van der Waals surface area contributed by atoms with Gasteiger partial charge in [0.05, 0.1) is 27.2 Å². The van der Waals surface area contributed by atoms with Crippen LogP contribution in [0, 0.1) is 5.82 Å². The van der Waals surface area contributed by atoms with Crippen LogP contribution in [0.4, 0.5) is 10.2 Å². The Morgan fingerprint density at radius 3 is 2.37 bits per heavy atom. The molecule has 8 nitrogen and oxygen atoms in total. The first-order valence-corrected chi connectivity index (χ1v) is 14.9. The number of carbonyl (C=O) groups excluding carboxylic acids is 1. The van der Waals surface area contributed by atoms with E-state index in [4.69, 9.17) is 16.6 Å². The van der Waals surface area contributed by atoms with Crippen LogP contribution in [0.3, 0.4) is 0 Å². The second kappa shape index (κ2) is 8.93. The number of sulfonamides is 1. The summed E-state index contributed by atoms with van der Waals surface area (Å²) in [7, 11) is -3.78. The van der Waals surface area contributed by atoms with Gasteiger partial charge < -0.3 is 9.80 Å². The molecule has 4 heterocycles. The summed E-state index contributed by atoms with van der Waals surface area (Å²) in [5.41, 5.74) is 0.405. The van der Waals surface area contributed by atoms with Gasteiger partial charge in [-0.05, 0) is 76.8 Å². The molecule has 0 unspecified atom stereocenters. The zero-order valence-corrected chi connectivity index (χ0v) is 23.2. The van der Waals surface area contributed by atoms with E-state index in [1.54, 1.807) is 23.2 Å². The number of carbonyl (C=O) groups is 1. The third kappa shape index (κ3) is 4.56. The summed E-state index contributed by atoms with van der Waals surface area (Å²) >= 11 is 6.20. The van der Waals surface area contributed by atoms with Crippen molar-refractivity contribution in [1.29, 1.82) is 0 Å². The molecule has 3 aromatic rings. The van der Waals surface area contributed by atoms with Gasteiger partial charge in [-0.15, -0.1) is 0 Å². The number of fused-ring (bicyclic) bond motifs is 3. The number of nitrogens with one attached hydrogen (secondary N) is 1. The average Bonchev–Trinajstić information content (AvgIpc) is 3.52. The molecule has 2 aromatic heterocycles. The van der Waals surface area contributed by atoms with Crippen LogP contribution in [0.25, 0.3) is 5.52 Å². The smallest absolute Gasteiger partial charge is 0.255 e. The maximum Gasteiger partial charge on any atom is 0.255 e. The van der Waals surface area contributed by atoms with Crippen molar-refractivity contribution < 1.29 is 17.6 Å². The molecule has 1 aliphatic carbocycles. The number of halogens is 2. The highest BCUT2D eigenvalue weighted by atomic mass is 35.5. The molecule has 3 fully saturated rings. The van der Waals surface area contributed by atoms with Crippen LogP contribution < -0.4 is 9.62 Å². The maximum atomic E-state index is 13.6. The van der Waals surface area contributed by atoms with Crippen molar-refractivity contribution in [2.75, 3.05) is 18.0 Å². The lowest BCUT2D eigenvalue weighted by Crippen LogP contribution is -2.56. The number of hydrogen-bond acceptors (Lipinski definition) is 5. The van der Waals surface area contributed by atoms with E-state index in [9.17, 15) is 17.6 Å². The predicted molar refractivity (Wildman–Crippen MR) is 144 cm³/mol. The van der Waals surface area contributed by atoms with Gasteiger partial charge in [-0.2, -0.15) is 0 Å². The van der Waals surface area contributed by atoms with Gasteiger partial charge in [0.25, 0.3) is 5.91 Å². The van der Waals surface area contributed by atoms with Gasteiger partial charge in [0.2, 0.25) is 10.0 Å². The maximum absolute atomic E-state index is 13.6. The van der Waals surface area contributed by atoms with E-state index in [1.165, 1.54) is 12.1 Å². The molecule has 1 aromatic carbocycles. The fourth-order valence-electron chi connectivity index (χ4n) is 5.82. The number of imidazole rings is 1. The molecule has 0 radical (unpaired) electrons. The summed E-state index contributed by atoms with van der Waals surface area (Å²) in [5.74, 6) is 1.42. The van der Waals surface area contributed by atoms with Gasteiger partial charge >= 0.3 is 0 Å². The largest absolute Gasteiger partial charge is 0.348 e. The van der Waals surface area contributed by atoms with Crippen molar-refractivity contribution in [3.8, 4) is 0 Å². The summed E-state index contributed by atoms with van der Waals surface area (Å²) in [6.45, 7) is 6.39. The Morgan fingerprint density at radius 1 is 1.08 bits per heavy atom. The van der Waals surface area contributed by atoms with Crippen LogP contribution in [0.15, 0.2) is 41.4 Å². The lowest BCUT2D eigenvalue weighted by Gasteiger charge is -2.43. The van der Waals surface area contributed by atoms with Gasteiger partial charge in [-0.25, -0.2) is 22.5 Å². The van der Waals surface area contributed by atoms with Crippen molar-refractivity contribution in [2.45, 2.75) is 74.9 Å². The highest BCUT2D eigenvalue weighted by molar-refractivity contribution is 7.89. The number of rotatable bonds is 5. The third-order valence-corrected chi connectivity index (χ3v) is 9.55. The second-order valence-electron chi connectivity index (χ2n) is 11.7. The molecule has 2 bridgehead atoms. The third-order valence-electron chi connectivity index (χ3n) is 7.50. The molecule has 202 valence electrons. The number of piperazine rings is 1. The van der Waals surface area contributed by atoms with Crippen LogP contribution >= 0.6 is 11.6 Å². The highest BCUT2D eigenvalue weighted by Gasteiger charge is 2.44. The van der Waals surface area contributed by atoms with E-state index >= 15 is 0 Å². The molecule has 0 spiro atoms. The summed E-state index contributed by atoms with van der Waals surface area (Å²) in [4.78, 5) is 22.3. The van der Waals surface area contributed by atoms with Crippen LogP contribution in [-0.4, -0.2) is 59.3 Å². The van der Waals surface area contributed by atoms with Crippen LogP contribution in [0.5, 0.6) is 0 Å². The first-order valence-electron chi connectivity index (χ1n) is 13.0. The van der Waals surface area contributed by atoms with E-state index in [-0.39, 0.29) is 33.5 Å². The molecule has 6 rings (SSSR count). The monoisotopic (exact) mass is 559 g/mol. The minimum Gasteiger partial charge on any atom is -0.348 e.